The van der Waals surface area contributed by atoms with E-state index < -0.39 is 0 Å². The highest BCUT2D eigenvalue weighted by atomic mass is 35.5. The molecule has 0 heterocycles. The highest BCUT2D eigenvalue weighted by Crippen LogP contribution is 2.37. The molecule has 0 amide bonds. The molecule has 0 bridgehead atoms. The normalized spacial score (nSPS) is 13.4. The predicted octanol–water partition coefficient (Wildman–Crippen LogP) is 3.03. The molecule has 0 unspecified atom stereocenters. The van der Waals surface area contributed by atoms with E-state index in [9.17, 15) is 0 Å². The number of rotatable bonds is 3. The molecule has 2 nitrogen and oxygen atoms in total. The summed E-state index contributed by atoms with van der Waals surface area (Å²) in [7, 11) is 0. The number of halogens is 1. The van der Waals surface area contributed by atoms with Gasteiger partial charge < -0.3 is 11.5 Å². The van der Waals surface area contributed by atoms with Crippen molar-refractivity contribution in [3.8, 4) is 11.1 Å². The summed E-state index contributed by atoms with van der Waals surface area (Å²) in [6, 6.07) is 15.2. The third-order valence-electron chi connectivity index (χ3n) is 3.72. The molecule has 1 aliphatic rings. The number of benzene rings is 2. The van der Waals surface area contributed by atoms with Crippen LogP contribution in [0.25, 0.3) is 11.1 Å². The van der Waals surface area contributed by atoms with Gasteiger partial charge in [0.25, 0.3) is 0 Å². The second kappa shape index (κ2) is 5.74. The Morgan fingerprint density at radius 2 is 1.74 bits per heavy atom. The van der Waals surface area contributed by atoms with E-state index in [-0.39, 0.29) is 18.4 Å². The summed E-state index contributed by atoms with van der Waals surface area (Å²) in [6.45, 7) is 0.637. The lowest BCUT2D eigenvalue weighted by molar-refractivity contribution is 0.661. The van der Waals surface area contributed by atoms with Gasteiger partial charge in [-0.05, 0) is 47.2 Å². The van der Waals surface area contributed by atoms with Crippen LogP contribution in [0.1, 0.15) is 29.2 Å². The third kappa shape index (κ3) is 2.52. The van der Waals surface area contributed by atoms with Crippen LogP contribution in [0, 0.1) is 0 Å². The molecule has 0 saturated carbocycles. The summed E-state index contributed by atoms with van der Waals surface area (Å²) < 4.78 is 0. The molecule has 0 aliphatic heterocycles. The number of hydrogen-bond acceptors (Lipinski definition) is 2. The summed E-state index contributed by atoms with van der Waals surface area (Å²) in [5.74, 6) is 0. The van der Waals surface area contributed by atoms with Gasteiger partial charge in [-0.1, -0.05) is 42.5 Å². The van der Waals surface area contributed by atoms with Crippen LogP contribution >= 0.6 is 12.4 Å². The van der Waals surface area contributed by atoms with Gasteiger partial charge in [0.1, 0.15) is 0 Å². The van der Waals surface area contributed by atoms with Crippen molar-refractivity contribution in [3.05, 3.63) is 59.2 Å². The fourth-order valence-electron chi connectivity index (χ4n) is 2.74. The molecule has 2 aromatic carbocycles. The maximum Gasteiger partial charge on any atom is 0.0307 e. The molecule has 1 atom stereocenters. The van der Waals surface area contributed by atoms with E-state index in [0.717, 1.165) is 12.8 Å². The van der Waals surface area contributed by atoms with Crippen molar-refractivity contribution in [3.63, 3.8) is 0 Å². The quantitative estimate of drug-likeness (QED) is 0.771. The molecule has 0 fully saturated rings. The maximum absolute atomic E-state index is 6.12. The van der Waals surface area contributed by atoms with Crippen molar-refractivity contribution >= 4 is 12.4 Å². The minimum absolute atomic E-state index is 0. The van der Waals surface area contributed by atoms with E-state index in [1.807, 2.05) is 0 Å². The SMILES string of the molecule is Cl.NCC[C@H](N)c1ccc2c(c1)Cc1ccccc1-2. The number of hydrogen-bond donors (Lipinski definition) is 2. The highest BCUT2D eigenvalue weighted by Gasteiger charge is 2.18. The molecular weight excluding hydrogens is 256 g/mol. The molecule has 100 valence electrons. The number of nitrogens with two attached hydrogens (primary N) is 2. The Hall–Kier alpha value is -1.35. The first kappa shape index (κ1) is 14.1. The van der Waals surface area contributed by atoms with Gasteiger partial charge >= 0.3 is 0 Å². The van der Waals surface area contributed by atoms with Crippen molar-refractivity contribution in [2.45, 2.75) is 18.9 Å². The van der Waals surface area contributed by atoms with Crippen molar-refractivity contribution < 1.29 is 0 Å². The molecule has 0 saturated heterocycles. The minimum Gasteiger partial charge on any atom is -0.330 e. The molecule has 3 rings (SSSR count). The Balaban J connectivity index is 0.00000133. The van der Waals surface area contributed by atoms with E-state index in [2.05, 4.69) is 42.5 Å². The third-order valence-corrected chi connectivity index (χ3v) is 3.72. The minimum atomic E-state index is 0. The largest absolute Gasteiger partial charge is 0.330 e. The summed E-state index contributed by atoms with van der Waals surface area (Å²) in [6.07, 6.45) is 1.86. The van der Waals surface area contributed by atoms with Gasteiger partial charge in [0.15, 0.2) is 0 Å². The van der Waals surface area contributed by atoms with Crippen LogP contribution in [-0.2, 0) is 6.42 Å². The van der Waals surface area contributed by atoms with Crippen LogP contribution in [0.15, 0.2) is 42.5 Å². The molecular formula is C16H19ClN2. The van der Waals surface area contributed by atoms with Crippen LogP contribution < -0.4 is 11.5 Å². The van der Waals surface area contributed by atoms with Gasteiger partial charge in [0.05, 0.1) is 0 Å². The molecule has 0 aromatic heterocycles. The van der Waals surface area contributed by atoms with Gasteiger partial charge in [-0.3, -0.25) is 0 Å². The number of fused-ring (bicyclic) bond motifs is 3. The van der Waals surface area contributed by atoms with Crippen molar-refractivity contribution in [2.75, 3.05) is 6.54 Å². The Kier molecular flexibility index (Phi) is 4.25. The topological polar surface area (TPSA) is 52.0 Å². The summed E-state index contributed by atoms with van der Waals surface area (Å²) in [5, 5.41) is 0. The Morgan fingerprint density at radius 3 is 2.53 bits per heavy atom. The van der Waals surface area contributed by atoms with E-state index >= 15 is 0 Å². The smallest absolute Gasteiger partial charge is 0.0307 e. The van der Waals surface area contributed by atoms with Crippen molar-refractivity contribution in [2.24, 2.45) is 11.5 Å². The second-order valence-electron chi connectivity index (χ2n) is 4.93. The van der Waals surface area contributed by atoms with E-state index in [1.165, 1.54) is 27.8 Å². The van der Waals surface area contributed by atoms with Crippen LogP contribution in [0.2, 0.25) is 0 Å². The predicted molar refractivity (Wildman–Crippen MR) is 82.5 cm³/mol. The molecule has 1 aliphatic carbocycles. The summed E-state index contributed by atoms with van der Waals surface area (Å²) >= 11 is 0. The fourth-order valence-corrected chi connectivity index (χ4v) is 2.74. The lowest BCUT2D eigenvalue weighted by atomic mass is 9.98. The lowest BCUT2D eigenvalue weighted by Crippen LogP contribution is -2.15. The summed E-state index contributed by atoms with van der Waals surface area (Å²) in [4.78, 5) is 0. The van der Waals surface area contributed by atoms with Gasteiger partial charge in [-0.2, -0.15) is 0 Å². The van der Waals surface area contributed by atoms with E-state index in [0.29, 0.717) is 6.54 Å². The highest BCUT2D eigenvalue weighted by molar-refractivity contribution is 5.85. The van der Waals surface area contributed by atoms with Crippen LogP contribution in [-0.4, -0.2) is 6.54 Å². The van der Waals surface area contributed by atoms with Crippen molar-refractivity contribution in [1.82, 2.24) is 0 Å². The summed E-state index contributed by atoms with van der Waals surface area (Å²) in [5.41, 5.74) is 18.4. The molecule has 0 radical (unpaired) electrons. The Labute approximate surface area is 120 Å². The van der Waals surface area contributed by atoms with Crippen LogP contribution in [0.3, 0.4) is 0 Å². The average molecular weight is 275 g/mol. The molecule has 0 spiro atoms. The zero-order valence-electron chi connectivity index (χ0n) is 10.8. The standard InChI is InChI=1S/C16H18N2.ClH/c17-8-7-16(18)12-5-6-15-13(10-12)9-11-3-1-2-4-14(11)15;/h1-6,10,16H,7-9,17-18H2;1H/t16-;/m0./s1. The Bertz CT molecular complexity index is 581. The molecule has 3 heteroatoms. The zero-order chi connectivity index (χ0) is 12.5. The Morgan fingerprint density at radius 1 is 1.00 bits per heavy atom. The second-order valence-corrected chi connectivity index (χ2v) is 4.93. The molecule has 19 heavy (non-hydrogen) atoms. The maximum atomic E-state index is 6.12. The molecule has 2 aromatic rings. The van der Waals surface area contributed by atoms with Crippen LogP contribution in [0.5, 0.6) is 0 Å². The van der Waals surface area contributed by atoms with E-state index in [1.54, 1.807) is 0 Å². The van der Waals surface area contributed by atoms with Crippen LogP contribution in [0.4, 0.5) is 0 Å². The van der Waals surface area contributed by atoms with Gasteiger partial charge in [-0.15, -0.1) is 12.4 Å². The zero-order valence-corrected chi connectivity index (χ0v) is 11.6. The van der Waals surface area contributed by atoms with Gasteiger partial charge in [0.2, 0.25) is 0 Å². The molecule has 4 N–H and O–H groups in total. The van der Waals surface area contributed by atoms with Gasteiger partial charge in [0, 0.05) is 6.04 Å². The monoisotopic (exact) mass is 274 g/mol. The fraction of sp³-hybridized carbons (Fsp3) is 0.250. The first-order valence-corrected chi connectivity index (χ1v) is 6.46. The average Bonchev–Trinajstić information content (AvgIpc) is 2.76. The lowest BCUT2D eigenvalue weighted by Gasteiger charge is -2.12. The first-order valence-electron chi connectivity index (χ1n) is 6.46. The van der Waals surface area contributed by atoms with Crippen molar-refractivity contribution in [1.29, 1.82) is 0 Å². The van der Waals surface area contributed by atoms with Gasteiger partial charge in [-0.25, -0.2) is 0 Å². The van der Waals surface area contributed by atoms with E-state index in [4.69, 9.17) is 11.5 Å². The first-order chi connectivity index (χ1) is 8.79.